The molecule has 1 aliphatic rings. The molecule has 8 nitrogen and oxygen atoms in total. The van der Waals surface area contributed by atoms with Crippen molar-refractivity contribution in [2.75, 3.05) is 0 Å². The number of hydrogen-bond acceptors (Lipinski definition) is 6. The molecule has 2 heterocycles. The molecule has 0 unspecified atom stereocenters. The Morgan fingerprint density at radius 3 is 2.73 bits per heavy atom. The minimum atomic E-state index is -1.05. The van der Waals surface area contributed by atoms with Crippen LogP contribution in [0.2, 0.25) is 0 Å². The number of aromatic nitrogens is 2. The second-order valence-electron chi connectivity index (χ2n) is 8.52. The number of fused-ring (bicyclic) bond motifs is 1. The summed E-state index contributed by atoms with van der Waals surface area (Å²) in [5, 5.41) is 7.01. The van der Waals surface area contributed by atoms with Crippen LogP contribution in [0.5, 0.6) is 5.75 Å². The van der Waals surface area contributed by atoms with Gasteiger partial charge < -0.3 is 19.5 Å². The molecule has 1 aromatic heterocycles. The molecule has 1 aliphatic heterocycles. The van der Waals surface area contributed by atoms with Gasteiger partial charge in [0.1, 0.15) is 16.9 Å². The number of esters is 1. The van der Waals surface area contributed by atoms with E-state index in [1.165, 1.54) is 0 Å². The summed E-state index contributed by atoms with van der Waals surface area (Å²) in [7, 11) is 0. The SMILES string of the molecule is C=Cc1ccc(Cn2cc(CNC(=O)OC(C)(C)C)cn2)c2c1OC(C)(C)OC2=O. The van der Waals surface area contributed by atoms with Crippen LogP contribution >= 0.6 is 0 Å². The number of nitrogens with one attached hydrogen (secondary N) is 1. The van der Waals surface area contributed by atoms with Crippen molar-refractivity contribution in [3.05, 3.63) is 53.4 Å². The van der Waals surface area contributed by atoms with E-state index in [9.17, 15) is 9.59 Å². The average molecular weight is 413 g/mol. The molecule has 30 heavy (non-hydrogen) atoms. The van der Waals surface area contributed by atoms with Gasteiger partial charge in [-0.25, -0.2) is 9.59 Å². The molecule has 8 heteroatoms. The molecular weight excluding hydrogens is 386 g/mol. The van der Waals surface area contributed by atoms with Crippen LogP contribution in [0, 0.1) is 0 Å². The van der Waals surface area contributed by atoms with Gasteiger partial charge in [0.25, 0.3) is 0 Å². The Labute approximate surface area is 175 Å². The standard InChI is InChI=1S/C22H27N3O5/c1-7-15-8-9-16(17-18(15)28-22(5,6)29-19(17)26)13-25-12-14(11-24-25)10-23-20(27)30-21(2,3)4/h7-9,11-12H,1,10,13H2,2-6H3,(H,23,27). The fourth-order valence-corrected chi connectivity index (χ4v) is 3.05. The molecule has 0 fully saturated rings. The van der Waals surface area contributed by atoms with Crippen molar-refractivity contribution in [3.63, 3.8) is 0 Å². The van der Waals surface area contributed by atoms with Crippen molar-refractivity contribution < 1.29 is 23.8 Å². The maximum absolute atomic E-state index is 12.6. The number of benzene rings is 1. The highest BCUT2D eigenvalue weighted by Gasteiger charge is 2.36. The molecule has 0 saturated carbocycles. The monoisotopic (exact) mass is 413 g/mol. The molecule has 2 aromatic rings. The van der Waals surface area contributed by atoms with Gasteiger partial charge in [0.15, 0.2) is 0 Å². The van der Waals surface area contributed by atoms with Crippen LogP contribution in [-0.2, 0) is 22.6 Å². The number of carbonyl (C=O) groups excluding carboxylic acids is 2. The van der Waals surface area contributed by atoms with Gasteiger partial charge in [-0.3, -0.25) is 4.68 Å². The van der Waals surface area contributed by atoms with Gasteiger partial charge in [0.05, 0.1) is 12.7 Å². The summed E-state index contributed by atoms with van der Waals surface area (Å²) in [6.45, 7) is 13.2. The number of ether oxygens (including phenoxy) is 3. The van der Waals surface area contributed by atoms with Gasteiger partial charge in [-0.2, -0.15) is 5.10 Å². The summed E-state index contributed by atoms with van der Waals surface area (Å²) in [4.78, 5) is 24.5. The molecule has 0 radical (unpaired) electrons. The molecular formula is C22H27N3O5. The van der Waals surface area contributed by atoms with E-state index < -0.39 is 23.5 Å². The number of amides is 1. The molecule has 0 atom stereocenters. The van der Waals surface area contributed by atoms with E-state index in [4.69, 9.17) is 14.2 Å². The third-order valence-corrected chi connectivity index (χ3v) is 4.24. The highest BCUT2D eigenvalue weighted by molar-refractivity contribution is 5.96. The molecule has 1 aromatic carbocycles. The summed E-state index contributed by atoms with van der Waals surface area (Å²) < 4.78 is 18.2. The molecule has 160 valence electrons. The molecule has 0 spiro atoms. The van der Waals surface area contributed by atoms with Gasteiger partial charge >= 0.3 is 12.1 Å². The van der Waals surface area contributed by atoms with Crippen LogP contribution in [0.25, 0.3) is 6.08 Å². The lowest BCUT2D eigenvalue weighted by Gasteiger charge is -2.33. The highest BCUT2D eigenvalue weighted by atomic mass is 16.7. The minimum absolute atomic E-state index is 0.280. The third-order valence-electron chi connectivity index (χ3n) is 4.24. The summed E-state index contributed by atoms with van der Waals surface area (Å²) >= 11 is 0. The van der Waals surface area contributed by atoms with Crippen molar-refractivity contribution in [2.24, 2.45) is 0 Å². The normalized spacial score (nSPS) is 14.9. The van der Waals surface area contributed by atoms with Gasteiger partial charge in [0.2, 0.25) is 5.79 Å². The first-order chi connectivity index (χ1) is 14.0. The lowest BCUT2D eigenvalue weighted by molar-refractivity contribution is -0.127. The zero-order chi connectivity index (χ0) is 22.1. The lowest BCUT2D eigenvalue weighted by atomic mass is 10.0. The average Bonchev–Trinajstić information content (AvgIpc) is 3.05. The Balaban J connectivity index is 1.76. The Morgan fingerprint density at radius 2 is 2.07 bits per heavy atom. The van der Waals surface area contributed by atoms with Gasteiger partial charge in [-0.1, -0.05) is 24.8 Å². The zero-order valence-electron chi connectivity index (χ0n) is 17.9. The first kappa shape index (κ1) is 21.4. The summed E-state index contributed by atoms with van der Waals surface area (Å²) in [5.41, 5.74) is 2.05. The molecule has 0 aliphatic carbocycles. The van der Waals surface area contributed by atoms with Crippen molar-refractivity contribution >= 4 is 18.1 Å². The van der Waals surface area contributed by atoms with Crippen LogP contribution in [-0.4, -0.2) is 33.2 Å². The molecule has 1 N–H and O–H groups in total. The number of cyclic esters (lactones) is 1. The number of nitrogens with zero attached hydrogens (tertiary/aromatic N) is 2. The van der Waals surface area contributed by atoms with E-state index in [-0.39, 0.29) is 6.54 Å². The first-order valence-corrected chi connectivity index (χ1v) is 9.66. The van der Waals surface area contributed by atoms with Crippen LogP contribution < -0.4 is 10.1 Å². The number of alkyl carbamates (subject to hydrolysis) is 1. The smallest absolute Gasteiger partial charge is 0.407 e. The number of hydrogen-bond donors (Lipinski definition) is 1. The van der Waals surface area contributed by atoms with E-state index in [1.54, 1.807) is 57.8 Å². The lowest BCUT2D eigenvalue weighted by Crippen LogP contribution is -2.39. The fraction of sp³-hybridized carbons (Fsp3) is 0.409. The summed E-state index contributed by atoms with van der Waals surface area (Å²) in [6.07, 6.45) is 4.60. The van der Waals surface area contributed by atoms with Crippen LogP contribution in [0.3, 0.4) is 0 Å². The molecule has 0 bridgehead atoms. The first-order valence-electron chi connectivity index (χ1n) is 9.66. The van der Waals surface area contributed by atoms with Crippen molar-refractivity contribution in [1.82, 2.24) is 15.1 Å². The van der Waals surface area contributed by atoms with Crippen LogP contribution in [0.15, 0.2) is 31.1 Å². The molecule has 1 amide bonds. The maximum atomic E-state index is 12.6. The Morgan fingerprint density at radius 1 is 1.33 bits per heavy atom. The van der Waals surface area contributed by atoms with E-state index in [0.717, 1.165) is 11.1 Å². The van der Waals surface area contributed by atoms with E-state index in [0.29, 0.717) is 23.4 Å². The van der Waals surface area contributed by atoms with Gasteiger partial charge in [0, 0.05) is 37.7 Å². The highest BCUT2D eigenvalue weighted by Crippen LogP contribution is 2.37. The fourth-order valence-electron chi connectivity index (χ4n) is 3.05. The van der Waals surface area contributed by atoms with Crippen molar-refractivity contribution in [2.45, 2.75) is 59.1 Å². The second-order valence-corrected chi connectivity index (χ2v) is 8.52. The predicted octanol–water partition coefficient (Wildman–Crippen LogP) is 3.88. The van der Waals surface area contributed by atoms with Gasteiger partial charge in [-0.05, 0) is 26.3 Å². The predicted molar refractivity (Wildman–Crippen MR) is 111 cm³/mol. The van der Waals surface area contributed by atoms with E-state index in [1.807, 2.05) is 12.1 Å². The quantitative estimate of drug-likeness (QED) is 0.748. The minimum Gasteiger partial charge on any atom is -0.451 e. The largest absolute Gasteiger partial charge is 0.451 e. The summed E-state index contributed by atoms with van der Waals surface area (Å²) in [5.74, 6) is -1.03. The molecule has 3 rings (SSSR count). The Bertz CT molecular complexity index is 985. The Hall–Kier alpha value is -3.29. The number of rotatable bonds is 5. The topological polar surface area (TPSA) is 91.7 Å². The zero-order valence-corrected chi connectivity index (χ0v) is 17.9. The maximum Gasteiger partial charge on any atom is 0.407 e. The van der Waals surface area contributed by atoms with Crippen LogP contribution in [0.1, 0.15) is 61.7 Å². The van der Waals surface area contributed by atoms with E-state index in [2.05, 4.69) is 17.0 Å². The third kappa shape index (κ3) is 5.00. The van der Waals surface area contributed by atoms with Crippen molar-refractivity contribution in [3.8, 4) is 5.75 Å². The van der Waals surface area contributed by atoms with Gasteiger partial charge in [-0.15, -0.1) is 0 Å². The summed E-state index contributed by atoms with van der Waals surface area (Å²) in [6, 6.07) is 3.68. The second kappa shape index (κ2) is 7.85. The van der Waals surface area contributed by atoms with Crippen molar-refractivity contribution in [1.29, 1.82) is 0 Å². The van der Waals surface area contributed by atoms with E-state index >= 15 is 0 Å². The number of carbonyl (C=O) groups is 2. The Kier molecular flexibility index (Phi) is 5.61. The van der Waals surface area contributed by atoms with Crippen LogP contribution in [0.4, 0.5) is 4.79 Å². The molecule has 0 saturated heterocycles.